The summed E-state index contributed by atoms with van der Waals surface area (Å²) in [7, 11) is 0. The molecule has 28 heavy (non-hydrogen) atoms. The lowest BCUT2D eigenvalue weighted by Gasteiger charge is -2.09. The van der Waals surface area contributed by atoms with Gasteiger partial charge in [-0.2, -0.15) is 0 Å². The van der Waals surface area contributed by atoms with Crippen molar-refractivity contribution in [1.29, 1.82) is 0 Å². The van der Waals surface area contributed by atoms with Gasteiger partial charge in [-0.25, -0.2) is 0 Å². The normalized spacial score (nSPS) is 10.9. The number of furan rings is 1. The highest BCUT2D eigenvalue weighted by atomic mass is 32.2. The number of phenolic OH excluding ortho intramolecular Hbond substituents is 1. The Balaban J connectivity index is 1.57. The van der Waals surface area contributed by atoms with Crippen molar-refractivity contribution < 1.29 is 14.3 Å². The van der Waals surface area contributed by atoms with Gasteiger partial charge >= 0.3 is 0 Å². The number of benzene rings is 2. The van der Waals surface area contributed by atoms with E-state index in [0.29, 0.717) is 28.8 Å². The molecule has 0 aliphatic carbocycles. The van der Waals surface area contributed by atoms with Crippen LogP contribution in [0.4, 0.5) is 0 Å². The molecule has 1 N–H and O–H groups in total. The summed E-state index contributed by atoms with van der Waals surface area (Å²) < 4.78 is 7.44. The molecule has 0 bridgehead atoms. The van der Waals surface area contributed by atoms with Gasteiger partial charge in [-0.05, 0) is 42.0 Å². The molecular weight excluding hydrogens is 374 g/mol. The maximum Gasteiger partial charge on any atom is 0.200 e. The highest BCUT2D eigenvalue weighted by molar-refractivity contribution is 7.99. The number of rotatable bonds is 7. The zero-order valence-corrected chi connectivity index (χ0v) is 15.7. The average molecular weight is 391 g/mol. The lowest BCUT2D eigenvalue weighted by molar-refractivity contribution is 0.102. The Bertz CT molecular complexity index is 1060. The minimum Gasteiger partial charge on any atom is -0.508 e. The molecule has 0 saturated heterocycles. The first-order valence-corrected chi connectivity index (χ1v) is 9.65. The van der Waals surface area contributed by atoms with Crippen LogP contribution in [0.5, 0.6) is 5.75 Å². The smallest absolute Gasteiger partial charge is 0.200 e. The molecule has 0 aliphatic heterocycles. The first kappa shape index (κ1) is 18.1. The second kappa shape index (κ2) is 8.14. The fourth-order valence-corrected chi connectivity index (χ4v) is 3.59. The molecule has 7 heteroatoms. The SMILES string of the molecule is O=C(CSc1nnc(-c2ccco2)n1Cc1ccccc1)c1ccc(O)cc1. The summed E-state index contributed by atoms with van der Waals surface area (Å²) in [6.07, 6.45) is 1.60. The molecule has 0 aliphatic rings. The van der Waals surface area contributed by atoms with E-state index in [9.17, 15) is 9.90 Å². The van der Waals surface area contributed by atoms with Gasteiger partial charge < -0.3 is 9.52 Å². The third-order valence-corrected chi connectivity index (χ3v) is 5.13. The minimum atomic E-state index is -0.0428. The van der Waals surface area contributed by atoms with Crippen molar-refractivity contribution in [1.82, 2.24) is 14.8 Å². The number of hydrogen-bond donors (Lipinski definition) is 1. The van der Waals surface area contributed by atoms with Gasteiger partial charge in [0.2, 0.25) is 5.82 Å². The van der Waals surface area contributed by atoms with Crippen molar-refractivity contribution in [3.63, 3.8) is 0 Å². The fraction of sp³-hybridized carbons (Fsp3) is 0.0952. The van der Waals surface area contributed by atoms with Crippen molar-refractivity contribution in [3.05, 3.63) is 84.1 Å². The van der Waals surface area contributed by atoms with E-state index >= 15 is 0 Å². The van der Waals surface area contributed by atoms with Crippen LogP contribution in [0.1, 0.15) is 15.9 Å². The largest absolute Gasteiger partial charge is 0.508 e. The highest BCUT2D eigenvalue weighted by Crippen LogP contribution is 2.26. The van der Waals surface area contributed by atoms with Gasteiger partial charge in [-0.3, -0.25) is 9.36 Å². The number of carbonyl (C=O) groups excluding carboxylic acids is 1. The lowest BCUT2D eigenvalue weighted by Crippen LogP contribution is -2.07. The highest BCUT2D eigenvalue weighted by Gasteiger charge is 2.18. The molecule has 0 unspecified atom stereocenters. The number of ketones is 1. The second-order valence-corrected chi connectivity index (χ2v) is 7.06. The zero-order valence-electron chi connectivity index (χ0n) is 14.9. The Hall–Kier alpha value is -3.32. The molecule has 140 valence electrons. The standard InChI is InChI=1S/C21H17N3O3S/c25-17-10-8-16(9-11-17)18(26)14-28-21-23-22-20(19-7-4-12-27-19)24(21)13-15-5-2-1-3-6-15/h1-12,25H,13-14H2. The van der Waals surface area contributed by atoms with Crippen LogP contribution in [-0.4, -0.2) is 31.4 Å². The fourth-order valence-electron chi connectivity index (χ4n) is 2.75. The summed E-state index contributed by atoms with van der Waals surface area (Å²) in [6, 6.07) is 19.9. The summed E-state index contributed by atoms with van der Waals surface area (Å²) in [6.45, 7) is 0.569. The maximum atomic E-state index is 12.5. The average Bonchev–Trinajstić information content (AvgIpc) is 3.37. The molecule has 0 spiro atoms. The van der Waals surface area contributed by atoms with Crippen molar-refractivity contribution in [2.75, 3.05) is 5.75 Å². The van der Waals surface area contributed by atoms with Gasteiger partial charge in [0.25, 0.3) is 0 Å². The van der Waals surface area contributed by atoms with E-state index in [-0.39, 0.29) is 17.3 Å². The summed E-state index contributed by atoms with van der Waals surface area (Å²) in [5.74, 6) is 1.55. The van der Waals surface area contributed by atoms with Crippen LogP contribution < -0.4 is 0 Å². The summed E-state index contributed by atoms with van der Waals surface area (Å²) in [5, 5.41) is 18.6. The predicted octanol–water partition coefficient (Wildman–Crippen LogP) is 4.27. The molecule has 4 rings (SSSR count). The molecule has 0 radical (unpaired) electrons. The van der Waals surface area contributed by atoms with Crippen molar-refractivity contribution >= 4 is 17.5 Å². The van der Waals surface area contributed by atoms with Gasteiger partial charge in [-0.15, -0.1) is 10.2 Å². The van der Waals surface area contributed by atoms with Crippen molar-refractivity contribution in [2.24, 2.45) is 0 Å². The Kier molecular flexibility index (Phi) is 5.25. The van der Waals surface area contributed by atoms with Crippen LogP contribution in [0, 0.1) is 0 Å². The second-order valence-electron chi connectivity index (χ2n) is 6.11. The number of hydrogen-bond acceptors (Lipinski definition) is 6. The maximum absolute atomic E-state index is 12.5. The van der Waals surface area contributed by atoms with Crippen molar-refractivity contribution in [3.8, 4) is 17.3 Å². The van der Waals surface area contributed by atoms with Gasteiger partial charge in [-0.1, -0.05) is 42.1 Å². The van der Waals surface area contributed by atoms with Crippen LogP contribution >= 0.6 is 11.8 Å². The molecular formula is C21H17N3O3S. The number of Topliss-reactive ketones (excluding diaryl/α,β-unsaturated/α-hetero) is 1. The van der Waals surface area contributed by atoms with Gasteiger partial charge in [0.15, 0.2) is 16.7 Å². The molecule has 0 atom stereocenters. The predicted molar refractivity (Wildman–Crippen MR) is 106 cm³/mol. The third-order valence-electron chi connectivity index (χ3n) is 4.16. The molecule has 0 saturated carbocycles. The van der Waals surface area contributed by atoms with Crippen molar-refractivity contribution in [2.45, 2.75) is 11.7 Å². The quantitative estimate of drug-likeness (QED) is 0.374. The number of thioether (sulfide) groups is 1. The topological polar surface area (TPSA) is 81.2 Å². The summed E-state index contributed by atoms with van der Waals surface area (Å²) in [5.41, 5.74) is 1.65. The van der Waals surface area contributed by atoms with Gasteiger partial charge in [0.05, 0.1) is 18.6 Å². The third kappa shape index (κ3) is 3.99. The van der Waals surface area contributed by atoms with E-state index < -0.39 is 0 Å². The number of phenols is 1. The monoisotopic (exact) mass is 391 g/mol. The van der Waals surface area contributed by atoms with Crippen LogP contribution in [0.3, 0.4) is 0 Å². The van der Waals surface area contributed by atoms with E-state index in [1.165, 1.54) is 23.9 Å². The summed E-state index contributed by atoms with van der Waals surface area (Å²) in [4.78, 5) is 12.5. The van der Waals surface area contributed by atoms with E-state index in [1.807, 2.05) is 41.0 Å². The Morgan fingerprint density at radius 1 is 1.00 bits per heavy atom. The van der Waals surface area contributed by atoms with Crippen LogP contribution in [0.2, 0.25) is 0 Å². The van der Waals surface area contributed by atoms with Gasteiger partial charge in [0.1, 0.15) is 5.75 Å². The number of aromatic nitrogens is 3. The Labute approximate surface area is 165 Å². The number of carbonyl (C=O) groups is 1. The van der Waals surface area contributed by atoms with E-state index in [4.69, 9.17) is 4.42 Å². The minimum absolute atomic E-state index is 0.0428. The molecule has 0 amide bonds. The van der Waals surface area contributed by atoms with E-state index in [1.54, 1.807) is 24.5 Å². The molecule has 0 fully saturated rings. The Morgan fingerprint density at radius 3 is 2.50 bits per heavy atom. The zero-order chi connectivity index (χ0) is 19.3. The molecule has 2 aromatic carbocycles. The lowest BCUT2D eigenvalue weighted by atomic mass is 10.1. The van der Waals surface area contributed by atoms with Crippen LogP contribution in [0.25, 0.3) is 11.6 Å². The first-order chi connectivity index (χ1) is 13.7. The van der Waals surface area contributed by atoms with E-state index in [2.05, 4.69) is 10.2 Å². The summed E-state index contributed by atoms with van der Waals surface area (Å²) >= 11 is 1.33. The van der Waals surface area contributed by atoms with E-state index in [0.717, 1.165) is 5.56 Å². The van der Waals surface area contributed by atoms with Gasteiger partial charge in [0, 0.05) is 5.56 Å². The first-order valence-electron chi connectivity index (χ1n) is 8.67. The number of aromatic hydroxyl groups is 1. The molecule has 4 aromatic rings. The Morgan fingerprint density at radius 2 is 1.79 bits per heavy atom. The van der Waals surface area contributed by atoms with Crippen LogP contribution in [0.15, 0.2) is 82.6 Å². The number of nitrogens with zero attached hydrogens (tertiary/aromatic N) is 3. The molecule has 6 nitrogen and oxygen atoms in total. The molecule has 2 heterocycles. The molecule has 2 aromatic heterocycles. The van der Waals surface area contributed by atoms with Crippen LogP contribution in [-0.2, 0) is 6.54 Å².